The average Bonchev–Trinajstić information content (AvgIpc) is 3.22. The molecule has 8 nitrogen and oxygen atoms in total. The van der Waals surface area contributed by atoms with E-state index in [1.807, 2.05) is 43.3 Å². The summed E-state index contributed by atoms with van der Waals surface area (Å²) in [6, 6.07) is 11.4. The third-order valence-corrected chi connectivity index (χ3v) is 6.31. The van der Waals surface area contributed by atoms with Crippen molar-refractivity contribution in [3.8, 4) is 17.2 Å². The van der Waals surface area contributed by atoms with Crippen molar-refractivity contribution in [2.45, 2.75) is 72.3 Å². The molecule has 1 amide bonds. The molecule has 1 heterocycles. The van der Waals surface area contributed by atoms with Gasteiger partial charge in [-0.05, 0) is 55.0 Å². The van der Waals surface area contributed by atoms with Crippen LogP contribution in [-0.4, -0.2) is 26.2 Å². The number of carbonyl (C=O) groups is 1. The van der Waals surface area contributed by atoms with Crippen LogP contribution in [0.25, 0.3) is 0 Å². The molecule has 1 aliphatic rings. The van der Waals surface area contributed by atoms with Gasteiger partial charge < -0.3 is 19.5 Å². The van der Waals surface area contributed by atoms with Crippen LogP contribution in [-0.2, 0) is 5.41 Å². The van der Waals surface area contributed by atoms with Gasteiger partial charge in [-0.1, -0.05) is 47.1 Å². The summed E-state index contributed by atoms with van der Waals surface area (Å²) in [5.74, 6) is 2.24. The normalized spacial score (nSPS) is 14.4. The molecule has 8 heteroatoms. The van der Waals surface area contributed by atoms with Crippen molar-refractivity contribution in [1.82, 2.24) is 16.3 Å². The quantitative estimate of drug-likeness (QED) is 0.406. The molecule has 0 saturated heterocycles. The number of rotatable bonds is 10. The molecule has 0 bridgehead atoms. The van der Waals surface area contributed by atoms with Crippen molar-refractivity contribution in [2.75, 3.05) is 19.2 Å². The van der Waals surface area contributed by atoms with Crippen LogP contribution in [0.4, 0.5) is 5.69 Å². The van der Waals surface area contributed by atoms with Gasteiger partial charge in [0.2, 0.25) is 0 Å². The fourth-order valence-corrected chi connectivity index (χ4v) is 4.04. The van der Waals surface area contributed by atoms with Crippen molar-refractivity contribution >= 4 is 11.6 Å². The average molecular weight is 497 g/mol. The van der Waals surface area contributed by atoms with Crippen LogP contribution in [0, 0.1) is 0 Å². The SMILES string of the molecule is CCCC(CC)Oc1ccc(C(C)(C)C)cc1C(=O)NC1=C(C)N(c2cc(OC)ccc2OC)NN1. The first-order valence-electron chi connectivity index (χ1n) is 12.5. The van der Waals surface area contributed by atoms with Gasteiger partial charge in [0.05, 0.1) is 31.6 Å². The number of nitrogens with zero attached hydrogens (tertiary/aromatic N) is 1. The molecule has 0 saturated carbocycles. The molecule has 0 radical (unpaired) electrons. The molecule has 2 aromatic rings. The first kappa shape index (κ1) is 27.2. The highest BCUT2D eigenvalue weighted by molar-refractivity contribution is 5.98. The zero-order valence-electron chi connectivity index (χ0n) is 22.7. The molecule has 0 aliphatic carbocycles. The maximum Gasteiger partial charge on any atom is 0.260 e. The Balaban J connectivity index is 1.93. The van der Waals surface area contributed by atoms with Crippen molar-refractivity contribution < 1.29 is 19.0 Å². The smallest absolute Gasteiger partial charge is 0.260 e. The van der Waals surface area contributed by atoms with E-state index in [-0.39, 0.29) is 17.4 Å². The number of anilines is 1. The highest BCUT2D eigenvalue weighted by Crippen LogP contribution is 2.35. The predicted octanol–water partition coefficient (Wildman–Crippen LogP) is 5.41. The number of nitrogens with one attached hydrogen (secondary N) is 3. The second kappa shape index (κ2) is 11.6. The molecule has 3 rings (SSSR count). The third-order valence-electron chi connectivity index (χ3n) is 6.31. The number of ether oxygens (including phenoxy) is 3. The highest BCUT2D eigenvalue weighted by Gasteiger charge is 2.27. The van der Waals surface area contributed by atoms with E-state index < -0.39 is 0 Å². The zero-order valence-corrected chi connectivity index (χ0v) is 22.7. The van der Waals surface area contributed by atoms with Crippen LogP contribution < -0.4 is 35.5 Å². The molecule has 196 valence electrons. The van der Waals surface area contributed by atoms with E-state index >= 15 is 0 Å². The first-order chi connectivity index (χ1) is 17.1. The zero-order chi connectivity index (χ0) is 26.5. The summed E-state index contributed by atoms with van der Waals surface area (Å²) in [4.78, 5) is 13.6. The summed E-state index contributed by atoms with van der Waals surface area (Å²) >= 11 is 0. The standard InChI is InChI=1S/C28H40N4O4/c1-9-11-20(10-2)36-24-14-12-19(28(4,5)6)16-22(24)27(33)29-26-18(3)32(31-30-26)23-17-21(34-7)13-15-25(23)35-8/h12-17,20,30-31H,9-11H2,1-8H3,(H,29,33). The fourth-order valence-electron chi connectivity index (χ4n) is 4.04. The third kappa shape index (κ3) is 6.05. The van der Waals surface area contributed by atoms with Crippen molar-refractivity contribution in [2.24, 2.45) is 0 Å². The van der Waals surface area contributed by atoms with Crippen LogP contribution in [0.5, 0.6) is 17.2 Å². The molecule has 1 unspecified atom stereocenters. The monoisotopic (exact) mass is 496 g/mol. The summed E-state index contributed by atoms with van der Waals surface area (Å²) in [5.41, 5.74) is 9.14. The predicted molar refractivity (Wildman–Crippen MR) is 143 cm³/mol. The summed E-state index contributed by atoms with van der Waals surface area (Å²) in [5, 5.41) is 4.83. The first-order valence-corrected chi connectivity index (χ1v) is 12.5. The number of amides is 1. The lowest BCUT2D eigenvalue weighted by atomic mass is 9.86. The van der Waals surface area contributed by atoms with Gasteiger partial charge in [0.25, 0.3) is 5.91 Å². The minimum Gasteiger partial charge on any atom is -0.497 e. The molecule has 0 aromatic heterocycles. The Morgan fingerprint density at radius 3 is 2.39 bits per heavy atom. The number of methoxy groups -OCH3 is 2. The second-order valence-electron chi connectivity index (χ2n) is 9.92. The molecule has 1 atom stereocenters. The fraction of sp³-hybridized carbons (Fsp3) is 0.464. The molecule has 36 heavy (non-hydrogen) atoms. The number of hydrogen-bond acceptors (Lipinski definition) is 7. The van der Waals surface area contributed by atoms with Gasteiger partial charge in [-0.2, -0.15) is 0 Å². The lowest BCUT2D eigenvalue weighted by Gasteiger charge is -2.23. The summed E-state index contributed by atoms with van der Waals surface area (Å²) in [6.07, 6.45) is 2.89. The number of carbonyl (C=O) groups excluding carboxylic acids is 1. The molecule has 1 aliphatic heterocycles. The Hall–Kier alpha value is -3.39. The maximum atomic E-state index is 13.6. The van der Waals surface area contributed by atoms with E-state index in [0.717, 1.165) is 36.2 Å². The molecule has 2 aromatic carbocycles. The van der Waals surface area contributed by atoms with Gasteiger partial charge in [-0.3, -0.25) is 15.2 Å². The van der Waals surface area contributed by atoms with Gasteiger partial charge >= 0.3 is 0 Å². The van der Waals surface area contributed by atoms with Crippen LogP contribution >= 0.6 is 0 Å². The minimum atomic E-state index is -0.245. The van der Waals surface area contributed by atoms with E-state index in [0.29, 0.717) is 28.6 Å². The van der Waals surface area contributed by atoms with Gasteiger partial charge in [-0.15, -0.1) is 5.53 Å². The lowest BCUT2D eigenvalue weighted by Crippen LogP contribution is -2.40. The summed E-state index contributed by atoms with van der Waals surface area (Å²) in [6.45, 7) is 12.5. The van der Waals surface area contributed by atoms with Crippen LogP contribution in [0.1, 0.15) is 76.7 Å². The Morgan fingerprint density at radius 1 is 1.06 bits per heavy atom. The summed E-state index contributed by atoms with van der Waals surface area (Å²) in [7, 11) is 3.23. The molecule has 3 N–H and O–H groups in total. The van der Waals surface area contributed by atoms with Gasteiger partial charge in [0.1, 0.15) is 28.8 Å². The highest BCUT2D eigenvalue weighted by atomic mass is 16.5. The van der Waals surface area contributed by atoms with Crippen LogP contribution in [0.2, 0.25) is 0 Å². The van der Waals surface area contributed by atoms with Gasteiger partial charge in [-0.25, -0.2) is 0 Å². The van der Waals surface area contributed by atoms with Crippen LogP contribution in [0.15, 0.2) is 47.9 Å². The molecular formula is C28H40N4O4. The number of hydrazine groups is 2. The Labute approximate surface area is 214 Å². The largest absolute Gasteiger partial charge is 0.497 e. The second-order valence-corrected chi connectivity index (χ2v) is 9.92. The maximum absolute atomic E-state index is 13.6. The van der Waals surface area contributed by atoms with Crippen molar-refractivity contribution in [3.63, 3.8) is 0 Å². The van der Waals surface area contributed by atoms with E-state index in [4.69, 9.17) is 14.2 Å². The Kier molecular flexibility index (Phi) is 8.74. The van der Waals surface area contributed by atoms with Crippen molar-refractivity contribution in [1.29, 1.82) is 0 Å². The number of benzene rings is 2. The lowest BCUT2D eigenvalue weighted by molar-refractivity contribution is 0.0954. The Bertz CT molecular complexity index is 1110. The van der Waals surface area contributed by atoms with Crippen LogP contribution in [0.3, 0.4) is 0 Å². The van der Waals surface area contributed by atoms with E-state index in [2.05, 4.69) is 50.9 Å². The topological polar surface area (TPSA) is 84.1 Å². The molecular weight excluding hydrogens is 456 g/mol. The van der Waals surface area contributed by atoms with E-state index in [1.54, 1.807) is 19.2 Å². The van der Waals surface area contributed by atoms with Crippen molar-refractivity contribution in [3.05, 3.63) is 59.0 Å². The summed E-state index contributed by atoms with van der Waals surface area (Å²) < 4.78 is 17.2. The molecule has 0 spiro atoms. The number of hydrogen-bond donors (Lipinski definition) is 3. The number of allylic oxidation sites excluding steroid dienone is 1. The van der Waals surface area contributed by atoms with Gasteiger partial charge in [0.15, 0.2) is 0 Å². The minimum absolute atomic E-state index is 0.0604. The van der Waals surface area contributed by atoms with Gasteiger partial charge in [0, 0.05) is 6.07 Å². The van der Waals surface area contributed by atoms with E-state index in [9.17, 15) is 4.79 Å². The molecule has 0 fully saturated rings. The Morgan fingerprint density at radius 2 is 1.78 bits per heavy atom. The van der Waals surface area contributed by atoms with E-state index in [1.165, 1.54) is 0 Å².